The van der Waals surface area contributed by atoms with E-state index in [1.807, 2.05) is 35.2 Å². The molecule has 1 aromatic heterocycles. The van der Waals surface area contributed by atoms with Crippen LogP contribution in [0.3, 0.4) is 0 Å². The van der Waals surface area contributed by atoms with Gasteiger partial charge in [-0.25, -0.2) is 0 Å². The van der Waals surface area contributed by atoms with E-state index < -0.39 is 0 Å². The number of likely N-dealkylation sites (tertiary alicyclic amines) is 2. The van der Waals surface area contributed by atoms with Gasteiger partial charge in [-0.1, -0.05) is 24.3 Å². The molecule has 0 radical (unpaired) electrons. The van der Waals surface area contributed by atoms with E-state index in [2.05, 4.69) is 22.2 Å². The van der Waals surface area contributed by atoms with Crippen molar-refractivity contribution in [3.63, 3.8) is 0 Å². The van der Waals surface area contributed by atoms with Crippen molar-refractivity contribution in [2.75, 3.05) is 33.2 Å². The third-order valence-corrected chi connectivity index (χ3v) is 5.70. The first-order valence-electron chi connectivity index (χ1n) is 9.09. The van der Waals surface area contributed by atoms with Crippen LogP contribution in [0, 0.1) is 5.92 Å². The maximum absolute atomic E-state index is 13.3. The molecule has 3 heterocycles. The van der Waals surface area contributed by atoms with Crippen LogP contribution < -0.4 is 5.32 Å². The molecule has 2 atom stereocenters. The lowest BCUT2D eigenvalue weighted by Gasteiger charge is -2.43. The van der Waals surface area contributed by atoms with E-state index in [4.69, 9.17) is 0 Å². The van der Waals surface area contributed by atoms with E-state index in [0.29, 0.717) is 18.8 Å². The molecule has 0 spiro atoms. The summed E-state index contributed by atoms with van der Waals surface area (Å²) in [6.07, 6.45) is 2.67. The minimum Gasteiger partial charge on any atom is -0.347 e. The maximum Gasteiger partial charge on any atom is 0.273 e. The van der Waals surface area contributed by atoms with Crippen LogP contribution in [0.2, 0.25) is 0 Å². The van der Waals surface area contributed by atoms with Gasteiger partial charge in [-0.05, 0) is 31.5 Å². The van der Waals surface area contributed by atoms with E-state index >= 15 is 0 Å². The van der Waals surface area contributed by atoms with Crippen molar-refractivity contribution in [2.45, 2.75) is 18.9 Å². The molecular formula is C20H24N4O2. The van der Waals surface area contributed by atoms with Crippen LogP contribution in [0.4, 0.5) is 0 Å². The zero-order chi connectivity index (χ0) is 18.3. The highest BCUT2D eigenvalue weighted by molar-refractivity contribution is 6.05. The summed E-state index contributed by atoms with van der Waals surface area (Å²) in [5.74, 6) is 0.188. The monoisotopic (exact) mass is 352 g/mol. The molecule has 136 valence electrons. The van der Waals surface area contributed by atoms with E-state index in [1.54, 1.807) is 13.1 Å². The summed E-state index contributed by atoms with van der Waals surface area (Å²) >= 11 is 0. The van der Waals surface area contributed by atoms with Crippen molar-refractivity contribution < 1.29 is 9.59 Å². The maximum atomic E-state index is 13.3. The van der Waals surface area contributed by atoms with Crippen molar-refractivity contribution >= 4 is 22.6 Å². The summed E-state index contributed by atoms with van der Waals surface area (Å²) in [4.78, 5) is 33.6. The number of nitrogens with one attached hydrogen (secondary N) is 1. The zero-order valence-electron chi connectivity index (χ0n) is 15.2. The van der Waals surface area contributed by atoms with Gasteiger partial charge in [0.05, 0.1) is 5.54 Å². The molecule has 0 aliphatic carbocycles. The normalized spacial score (nSPS) is 25.9. The predicted molar refractivity (Wildman–Crippen MR) is 99.8 cm³/mol. The molecule has 1 aromatic carbocycles. The Hall–Kier alpha value is -2.47. The Balaban J connectivity index is 1.66. The van der Waals surface area contributed by atoms with Crippen LogP contribution in [0.1, 0.15) is 23.8 Å². The van der Waals surface area contributed by atoms with Gasteiger partial charge in [-0.3, -0.25) is 14.6 Å². The highest BCUT2D eigenvalue weighted by Crippen LogP contribution is 2.35. The molecule has 2 aromatic rings. The summed E-state index contributed by atoms with van der Waals surface area (Å²) in [6, 6.07) is 9.74. The fourth-order valence-corrected chi connectivity index (χ4v) is 4.58. The topological polar surface area (TPSA) is 65.5 Å². The lowest BCUT2D eigenvalue weighted by molar-refractivity contribution is -0.121. The van der Waals surface area contributed by atoms with Crippen molar-refractivity contribution in [2.24, 2.45) is 5.92 Å². The molecule has 2 aliphatic rings. The molecule has 26 heavy (non-hydrogen) atoms. The Morgan fingerprint density at radius 1 is 1.23 bits per heavy atom. The number of carbonyl (C=O) groups is 2. The number of aromatic nitrogens is 1. The number of fused-ring (bicyclic) bond motifs is 2. The Bertz CT molecular complexity index is 863. The number of piperidine rings is 1. The van der Waals surface area contributed by atoms with Crippen LogP contribution in [-0.2, 0) is 4.79 Å². The van der Waals surface area contributed by atoms with Crippen LogP contribution in [0.5, 0.6) is 0 Å². The molecule has 2 fully saturated rings. The van der Waals surface area contributed by atoms with Crippen molar-refractivity contribution in [1.82, 2.24) is 20.1 Å². The molecule has 6 heteroatoms. The molecule has 0 bridgehead atoms. The van der Waals surface area contributed by atoms with Gasteiger partial charge in [0.25, 0.3) is 5.91 Å². The molecule has 2 saturated heterocycles. The van der Waals surface area contributed by atoms with Crippen LogP contribution >= 0.6 is 0 Å². The van der Waals surface area contributed by atoms with Crippen molar-refractivity contribution in [1.29, 1.82) is 0 Å². The lowest BCUT2D eigenvalue weighted by atomic mass is 9.81. The van der Waals surface area contributed by atoms with Crippen LogP contribution in [-0.4, -0.2) is 65.4 Å². The van der Waals surface area contributed by atoms with E-state index in [-0.39, 0.29) is 23.3 Å². The average molecular weight is 352 g/mol. The van der Waals surface area contributed by atoms with Crippen LogP contribution in [0.25, 0.3) is 10.8 Å². The largest absolute Gasteiger partial charge is 0.347 e. The summed E-state index contributed by atoms with van der Waals surface area (Å²) in [6.45, 7) is 4.50. The van der Waals surface area contributed by atoms with Crippen molar-refractivity contribution in [3.05, 3.63) is 42.2 Å². The quantitative estimate of drug-likeness (QED) is 0.890. The molecule has 2 amide bonds. The first-order valence-corrected chi connectivity index (χ1v) is 9.09. The highest BCUT2D eigenvalue weighted by atomic mass is 16.2. The van der Waals surface area contributed by atoms with Crippen molar-refractivity contribution in [3.8, 4) is 0 Å². The van der Waals surface area contributed by atoms with Gasteiger partial charge < -0.3 is 15.1 Å². The fourth-order valence-electron chi connectivity index (χ4n) is 4.58. The smallest absolute Gasteiger partial charge is 0.273 e. The minimum absolute atomic E-state index is 0.0390. The Kier molecular flexibility index (Phi) is 4.15. The Morgan fingerprint density at radius 3 is 2.85 bits per heavy atom. The van der Waals surface area contributed by atoms with Gasteiger partial charge in [0.15, 0.2) is 0 Å². The Labute approximate surface area is 153 Å². The third kappa shape index (κ3) is 2.84. The molecule has 0 saturated carbocycles. The molecule has 4 rings (SSSR count). The second-order valence-corrected chi connectivity index (χ2v) is 7.63. The number of likely N-dealkylation sites (N-methyl/N-ethyl adjacent to an activating group) is 1. The van der Waals surface area contributed by atoms with E-state index in [9.17, 15) is 9.59 Å². The number of rotatable bonds is 2. The fraction of sp³-hybridized carbons (Fsp3) is 0.450. The number of nitrogens with zero attached hydrogens (tertiary/aromatic N) is 3. The lowest BCUT2D eigenvalue weighted by Crippen LogP contribution is -2.62. The van der Waals surface area contributed by atoms with Gasteiger partial charge in [0, 0.05) is 44.1 Å². The van der Waals surface area contributed by atoms with Crippen LogP contribution in [0.15, 0.2) is 36.5 Å². The second-order valence-electron chi connectivity index (χ2n) is 7.63. The Morgan fingerprint density at radius 2 is 2.04 bits per heavy atom. The van der Waals surface area contributed by atoms with E-state index in [1.165, 1.54) is 0 Å². The van der Waals surface area contributed by atoms with Gasteiger partial charge >= 0.3 is 0 Å². The first kappa shape index (κ1) is 17.0. The van der Waals surface area contributed by atoms with E-state index in [0.717, 1.165) is 30.3 Å². The van der Waals surface area contributed by atoms with Gasteiger partial charge in [-0.15, -0.1) is 0 Å². The predicted octanol–water partition coefficient (Wildman–Crippen LogP) is 1.52. The number of carbonyl (C=O) groups excluding carboxylic acids is 2. The standard InChI is InChI=1S/C20H24N4O2/c1-14(25)22-20-12-23(2)10-8-16(20)11-24(13-20)19(26)18-17-6-4-3-5-15(17)7-9-21-18/h3-7,9,16H,8,10-13H2,1-2H3,(H,22,25)/t16-,20-/m1/s1. The SMILES string of the molecule is CC(=O)N[C@@]12CN(C)CC[C@@H]1CN(C(=O)c1nccc3ccccc13)C2. The molecular weight excluding hydrogens is 328 g/mol. The number of hydrogen-bond donors (Lipinski definition) is 1. The number of benzene rings is 1. The molecule has 0 unspecified atom stereocenters. The van der Waals surface area contributed by atoms with Gasteiger partial charge in [-0.2, -0.15) is 0 Å². The zero-order valence-corrected chi connectivity index (χ0v) is 15.2. The number of hydrogen-bond acceptors (Lipinski definition) is 4. The number of amides is 2. The average Bonchev–Trinajstić information content (AvgIpc) is 2.98. The molecule has 6 nitrogen and oxygen atoms in total. The van der Waals surface area contributed by atoms with Gasteiger partial charge in [0.1, 0.15) is 5.69 Å². The molecule has 2 aliphatic heterocycles. The summed E-state index contributed by atoms with van der Waals surface area (Å²) in [5.41, 5.74) is 0.132. The third-order valence-electron chi connectivity index (χ3n) is 5.70. The van der Waals surface area contributed by atoms with Gasteiger partial charge in [0.2, 0.25) is 5.91 Å². The minimum atomic E-state index is -0.362. The summed E-state index contributed by atoms with van der Waals surface area (Å²) < 4.78 is 0. The second kappa shape index (κ2) is 6.36. The number of pyridine rings is 1. The summed E-state index contributed by atoms with van der Waals surface area (Å²) in [5, 5.41) is 5.05. The molecule has 1 N–H and O–H groups in total. The first-order chi connectivity index (χ1) is 12.5. The highest BCUT2D eigenvalue weighted by Gasteiger charge is 2.51. The summed E-state index contributed by atoms with van der Waals surface area (Å²) in [7, 11) is 2.07.